The van der Waals surface area contributed by atoms with Crippen LogP contribution in [0.4, 0.5) is 0 Å². The molecule has 2 aromatic carbocycles. The molecule has 0 heterocycles. The van der Waals surface area contributed by atoms with Gasteiger partial charge >= 0.3 is 0 Å². The van der Waals surface area contributed by atoms with Crippen molar-refractivity contribution in [2.75, 3.05) is 12.3 Å². The van der Waals surface area contributed by atoms with Gasteiger partial charge in [-0.15, -0.1) is 11.8 Å². The van der Waals surface area contributed by atoms with Gasteiger partial charge in [0.05, 0.1) is 15.8 Å². The van der Waals surface area contributed by atoms with Crippen molar-refractivity contribution in [2.45, 2.75) is 51.4 Å². The minimum Gasteiger partial charge on any atom is -0.354 e. The fourth-order valence-corrected chi connectivity index (χ4v) is 4.58. The van der Waals surface area contributed by atoms with Gasteiger partial charge in [-0.25, -0.2) is 0 Å². The molecular weight excluding hydrogens is 487 g/mol. The fourth-order valence-electron chi connectivity index (χ4n) is 3.20. The van der Waals surface area contributed by atoms with Crippen LogP contribution in [0.1, 0.15) is 44.2 Å². The van der Waals surface area contributed by atoms with Crippen LogP contribution >= 0.6 is 46.6 Å². The maximum atomic E-state index is 13.2. The van der Waals surface area contributed by atoms with Gasteiger partial charge in [-0.2, -0.15) is 0 Å². The second kappa shape index (κ2) is 14.0. The van der Waals surface area contributed by atoms with Gasteiger partial charge in [0.2, 0.25) is 11.8 Å². The van der Waals surface area contributed by atoms with Crippen molar-refractivity contribution < 1.29 is 9.59 Å². The van der Waals surface area contributed by atoms with Crippen molar-refractivity contribution in [3.63, 3.8) is 0 Å². The summed E-state index contributed by atoms with van der Waals surface area (Å²) in [6.45, 7) is 4.87. The van der Waals surface area contributed by atoms with Crippen LogP contribution in [-0.4, -0.2) is 35.1 Å². The summed E-state index contributed by atoms with van der Waals surface area (Å²) in [6, 6.07) is 12.3. The number of halogens is 3. The molecule has 174 valence electrons. The lowest BCUT2D eigenvalue weighted by molar-refractivity contribution is -0.139. The Labute approximate surface area is 210 Å². The van der Waals surface area contributed by atoms with Crippen LogP contribution in [-0.2, 0) is 21.9 Å². The van der Waals surface area contributed by atoms with Gasteiger partial charge in [0.25, 0.3) is 0 Å². The topological polar surface area (TPSA) is 49.4 Å². The van der Waals surface area contributed by atoms with E-state index in [4.69, 9.17) is 34.8 Å². The molecule has 0 aliphatic rings. The number of nitrogens with zero attached hydrogens (tertiary/aromatic N) is 1. The Morgan fingerprint density at radius 3 is 2.44 bits per heavy atom. The number of unbranched alkanes of at least 4 members (excludes halogenated alkanes) is 1. The summed E-state index contributed by atoms with van der Waals surface area (Å²) in [7, 11) is 0. The molecule has 2 rings (SSSR count). The van der Waals surface area contributed by atoms with Crippen LogP contribution in [0.15, 0.2) is 42.5 Å². The Morgan fingerprint density at radius 2 is 1.78 bits per heavy atom. The third-order valence-corrected chi connectivity index (χ3v) is 7.09. The number of hydrogen-bond acceptors (Lipinski definition) is 3. The predicted octanol–water partition coefficient (Wildman–Crippen LogP) is 6.60. The standard InChI is InChI=1S/C24H29Cl3N2O2S/c1-3-5-12-28-24(31)22(4-2)29(14-18-8-6-7-9-19(18)25)23(30)16-32-15-17-10-11-20(26)21(27)13-17/h6-11,13,22H,3-5,12,14-16H2,1-2H3,(H,28,31)/t22-/m1/s1. The highest BCUT2D eigenvalue weighted by Gasteiger charge is 2.28. The van der Waals surface area contributed by atoms with E-state index in [1.807, 2.05) is 31.2 Å². The highest BCUT2D eigenvalue weighted by molar-refractivity contribution is 7.99. The molecule has 32 heavy (non-hydrogen) atoms. The summed E-state index contributed by atoms with van der Waals surface area (Å²) in [5, 5.41) is 4.54. The Hall–Kier alpha value is -1.40. The molecule has 4 nitrogen and oxygen atoms in total. The van der Waals surface area contributed by atoms with E-state index < -0.39 is 6.04 Å². The first-order valence-electron chi connectivity index (χ1n) is 10.7. The van der Waals surface area contributed by atoms with Crippen LogP contribution in [0.25, 0.3) is 0 Å². The number of carbonyl (C=O) groups is 2. The van der Waals surface area contributed by atoms with Crippen LogP contribution in [0, 0.1) is 0 Å². The highest BCUT2D eigenvalue weighted by Crippen LogP contribution is 2.25. The molecule has 0 aliphatic carbocycles. The van der Waals surface area contributed by atoms with Gasteiger partial charge in [-0.3, -0.25) is 9.59 Å². The largest absolute Gasteiger partial charge is 0.354 e. The summed E-state index contributed by atoms with van der Waals surface area (Å²) in [5.74, 6) is 0.620. The van der Waals surface area contributed by atoms with E-state index in [0.717, 1.165) is 24.0 Å². The van der Waals surface area contributed by atoms with Crippen LogP contribution in [0.5, 0.6) is 0 Å². The number of amides is 2. The monoisotopic (exact) mass is 514 g/mol. The van der Waals surface area contributed by atoms with E-state index in [9.17, 15) is 9.59 Å². The van der Waals surface area contributed by atoms with Crippen LogP contribution < -0.4 is 5.32 Å². The third-order valence-electron chi connectivity index (χ3n) is 4.99. The zero-order valence-electron chi connectivity index (χ0n) is 18.4. The summed E-state index contributed by atoms with van der Waals surface area (Å²) >= 11 is 19.9. The highest BCUT2D eigenvalue weighted by atomic mass is 35.5. The van der Waals surface area contributed by atoms with Gasteiger partial charge < -0.3 is 10.2 Å². The average Bonchev–Trinajstić information content (AvgIpc) is 2.77. The molecule has 0 saturated heterocycles. The number of thioether (sulfide) groups is 1. The average molecular weight is 516 g/mol. The molecule has 2 amide bonds. The van der Waals surface area contributed by atoms with Crippen molar-refractivity contribution >= 4 is 58.4 Å². The molecule has 2 aromatic rings. The third kappa shape index (κ3) is 8.18. The first-order chi connectivity index (χ1) is 15.4. The second-order valence-corrected chi connectivity index (χ2v) is 9.63. The number of rotatable bonds is 12. The van der Waals surface area contributed by atoms with Crippen molar-refractivity contribution in [3.8, 4) is 0 Å². The van der Waals surface area contributed by atoms with Gasteiger partial charge in [0.15, 0.2) is 0 Å². The molecule has 0 aromatic heterocycles. The molecule has 0 bridgehead atoms. The van der Waals surface area contributed by atoms with Crippen molar-refractivity contribution in [1.29, 1.82) is 0 Å². The van der Waals surface area contributed by atoms with Gasteiger partial charge in [0.1, 0.15) is 6.04 Å². The maximum absolute atomic E-state index is 13.2. The summed E-state index contributed by atoms with van der Waals surface area (Å²) in [5.41, 5.74) is 1.80. The van der Waals surface area contributed by atoms with E-state index in [2.05, 4.69) is 12.2 Å². The van der Waals surface area contributed by atoms with E-state index >= 15 is 0 Å². The SMILES string of the molecule is CCCCNC(=O)[C@@H](CC)N(Cc1ccccc1Cl)C(=O)CSCc1ccc(Cl)c(Cl)c1. The molecule has 0 spiro atoms. The van der Waals surface area contributed by atoms with E-state index in [0.29, 0.717) is 33.8 Å². The van der Waals surface area contributed by atoms with E-state index in [1.165, 1.54) is 11.8 Å². The molecule has 0 aliphatic heterocycles. The van der Waals surface area contributed by atoms with Crippen LogP contribution in [0.2, 0.25) is 15.1 Å². The summed E-state index contributed by atoms with van der Waals surface area (Å²) in [6.07, 6.45) is 2.41. The lowest BCUT2D eigenvalue weighted by Crippen LogP contribution is -2.49. The van der Waals surface area contributed by atoms with Crippen molar-refractivity contribution in [2.24, 2.45) is 0 Å². The molecule has 0 radical (unpaired) electrons. The molecule has 8 heteroatoms. The van der Waals surface area contributed by atoms with E-state index in [1.54, 1.807) is 23.1 Å². The van der Waals surface area contributed by atoms with Crippen LogP contribution in [0.3, 0.4) is 0 Å². The van der Waals surface area contributed by atoms with Crippen molar-refractivity contribution in [3.05, 3.63) is 68.7 Å². The number of benzene rings is 2. The summed E-state index contributed by atoms with van der Waals surface area (Å²) < 4.78 is 0. The smallest absolute Gasteiger partial charge is 0.242 e. The zero-order chi connectivity index (χ0) is 23.5. The summed E-state index contributed by atoms with van der Waals surface area (Å²) in [4.78, 5) is 27.7. The Balaban J connectivity index is 2.12. The molecule has 1 atom stereocenters. The quantitative estimate of drug-likeness (QED) is 0.324. The first kappa shape index (κ1) is 26.8. The fraction of sp³-hybridized carbons (Fsp3) is 0.417. The number of carbonyl (C=O) groups excluding carboxylic acids is 2. The lowest BCUT2D eigenvalue weighted by atomic mass is 10.1. The second-order valence-electron chi connectivity index (χ2n) is 7.42. The molecular formula is C24H29Cl3N2O2S. The first-order valence-corrected chi connectivity index (χ1v) is 13.0. The normalized spacial score (nSPS) is 11.8. The Bertz CT molecular complexity index is 911. The van der Waals surface area contributed by atoms with Gasteiger partial charge in [0, 0.05) is 23.9 Å². The molecule has 1 N–H and O–H groups in total. The Kier molecular flexibility index (Phi) is 11.7. The van der Waals surface area contributed by atoms with Crippen molar-refractivity contribution in [1.82, 2.24) is 10.2 Å². The predicted molar refractivity (Wildman–Crippen MR) is 137 cm³/mol. The molecule has 0 unspecified atom stereocenters. The zero-order valence-corrected chi connectivity index (χ0v) is 21.5. The number of hydrogen-bond donors (Lipinski definition) is 1. The molecule has 0 saturated carbocycles. The lowest BCUT2D eigenvalue weighted by Gasteiger charge is -2.31. The van der Waals surface area contributed by atoms with E-state index in [-0.39, 0.29) is 24.1 Å². The maximum Gasteiger partial charge on any atom is 0.242 e. The number of nitrogens with one attached hydrogen (secondary N) is 1. The van der Waals surface area contributed by atoms with Gasteiger partial charge in [-0.05, 0) is 42.2 Å². The molecule has 0 fully saturated rings. The minimum atomic E-state index is -0.554. The minimum absolute atomic E-state index is 0.104. The van der Waals surface area contributed by atoms with Gasteiger partial charge in [-0.1, -0.05) is 79.3 Å². The Morgan fingerprint density at radius 1 is 1.03 bits per heavy atom.